The van der Waals surface area contributed by atoms with E-state index in [0.717, 1.165) is 0 Å². The molecule has 20 heavy (non-hydrogen) atoms. The monoisotopic (exact) mass is 322 g/mol. The predicted octanol–water partition coefficient (Wildman–Crippen LogP) is 5.03. The van der Waals surface area contributed by atoms with Crippen molar-refractivity contribution in [3.63, 3.8) is 0 Å². The molecule has 96 valence electrons. The van der Waals surface area contributed by atoms with Crippen LogP contribution in [-0.4, -0.2) is 14.5 Å². The summed E-state index contributed by atoms with van der Waals surface area (Å²) in [5.41, 5.74) is 4.14. The molecule has 0 bridgehead atoms. The Morgan fingerprint density at radius 2 is 1.35 bits per heavy atom. The molecule has 4 aromatic rings. The number of hydrogen-bond donors (Lipinski definition) is 0. The SMILES string of the molecule is Cc1ccccc1-c1cccc2c1[se]c1ccccc12. The van der Waals surface area contributed by atoms with Crippen LogP contribution in [0.15, 0.2) is 66.7 Å². The van der Waals surface area contributed by atoms with E-state index in [1.165, 1.54) is 36.0 Å². The van der Waals surface area contributed by atoms with E-state index in [2.05, 4.69) is 73.7 Å². The zero-order valence-electron chi connectivity index (χ0n) is 11.3. The molecule has 3 aromatic carbocycles. The van der Waals surface area contributed by atoms with Crippen molar-refractivity contribution in [3.8, 4) is 11.1 Å². The van der Waals surface area contributed by atoms with Gasteiger partial charge < -0.3 is 0 Å². The van der Waals surface area contributed by atoms with Crippen LogP contribution < -0.4 is 0 Å². The number of hydrogen-bond acceptors (Lipinski definition) is 0. The average molecular weight is 321 g/mol. The van der Waals surface area contributed by atoms with Gasteiger partial charge in [0.1, 0.15) is 0 Å². The van der Waals surface area contributed by atoms with Gasteiger partial charge in [0.25, 0.3) is 0 Å². The maximum atomic E-state index is 2.27. The summed E-state index contributed by atoms with van der Waals surface area (Å²) >= 11 is 0.421. The van der Waals surface area contributed by atoms with Crippen molar-refractivity contribution >= 4 is 33.8 Å². The van der Waals surface area contributed by atoms with Crippen LogP contribution in [0, 0.1) is 6.92 Å². The Balaban J connectivity index is 2.13. The molecule has 0 aliphatic carbocycles. The molecule has 0 nitrogen and oxygen atoms in total. The zero-order chi connectivity index (χ0) is 13.5. The van der Waals surface area contributed by atoms with Crippen LogP contribution in [0.3, 0.4) is 0 Å². The summed E-state index contributed by atoms with van der Waals surface area (Å²) in [6.45, 7) is 2.20. The van der Waals surface area contributed by atoms with Gasteiger partial charge in [-0.3, -0.25) is 0 Å². The Morgan fingerprint density at radius 3 is 2.25 bits per heavy atom. The fourth-order valence-electron chi connectivity index (χ4n) is 2.83. The molecule has 1 aromatic heterocycles. The second-order valence-electron chi connectivity index (χ2n) is 5.10. The van der Waals surface area contributed by atoms with Crippen molar-refractivity contribution in [2.75, 3.05) is 0 Å². The minimum atomic E-state index is 0.421. The van der Waals surface area contributed by atoms with Crippen LogP contribution in [0.4, 0.5) is 0 Å². The van der Waals surface area contributed by atoms with Crippen molar-refractivity contribution in [1.29, 1.82) is 0 Å². The number of aryl methyl sites for hydroxylation is 1. The first kappa shape index (κ1) is 12.0. The summed E-state index contributed by atoms with van der Waals surface area (Å²) in [5.74, 6) is 0. The average Bonchev–Trinajstić information content (AvgIpc) is 2.86. The number of benzene rings is 3. The summed E-state index contributed by atoms with van der Waals surface area (Å²) in [7, 11) is 0. The molecule has 0 aliphatic heterocycles. The summed E-state index contributed by atoms with van der Waals surface area (Å²) in [6.07, 6.45) is 0. The Bertz CT molecular complexity index is 915. The molecular formula is C19H14Se. The van der Waals surface area contributed by atoms with E-state index >= 15 is 0 Å². The Hall–Kier alpha value is -1.82. The quantitative estimate of drug-likeness (QED) is 0.432. The minimum absolute atomic E-state index is 0.421. The first-order valence-corrected chi connectivity index (χ1v) is 8.52. The van der Waals surface area contributed by atoms with Crippen molar-refractivity contribution < 1.29 is 0 Å². The summed E-state index contributed by atoms with van der Waals surface area (Å²) in [6, 6.07) is 24.2. The molecule has 4 rings (SSSR count). The van der Waals surface area contributed by atoms with Gasteiger partial charge in [0, 0.05) is 0 Å². The third-order valence-corrected chi connectivity index (χ3v) is 6.40. The van der Waals surface area contributed by atoms with Crippen LogP contribution in [0.2, 0.25) is 0 Å². The van der Waals surface area contributed by atoms with Crippen LogP contribution in [0.5, 0.6) is 0 Å². The molecular weight excluding hydrogens is 307 g/mol. The van der Waals surface area contributed by atoms with Gasteiger partial charge in [-0.05, 0) is 0 Å². The van der Waals surface area contributed by atoms with Gasteiger partial charge in [0.15, 0.2) is 0 Å². The van der Waals surface area contributed by atoms with E-state index in [0.29, 0.717) is 14.5 Å². The van der Waals surface area contributed by atoms with Gasteiger partial charge >= 0.3 is 124 Å². The van der Waals surface area contributed by atoms with Crippen LogP contribution in [0.1, 0.15) is 5.56 Å². The van der Waals surface area contributed by atoms with Crippen LogP contribution in [0.25, 0.3) is 30.4 Å². The van der Waals surface area contributed by atoms with E-state index in [4.69, 9.17) is 0 Å². The zero-order valence-corrected chi connectivity index (χ0v) is 13.0. The van der Waals surface area contributed by atoms with E-state index in [1.807, 2.05) is 0 Å². The maximum absolute atomic E-state index is 2.27. The topological polar surface area (TPSA) is 0 Å². The molecule has 0 N–H and O–H groups in total. The van der Waals surface area contributed by atoms with Crippen molar-refractivity contribution in [2.45, 2.75) is 6.92 Å². The van der Waals surface area contributed by atoms with Crippen LogP contribution in [-0.2, 0) is 0 Å². The predicted molar refractivity (Wildman–Crippen MR) is 88.6 cm³/mol. The van der Waals surface area contributed by atoms with Gasteiger partial charge in [-0.2, -0.15) is 0 Å². The van der Waals surface area contributed by atoms with Gasteiger partial charge in [-0.15, -0.1) is 0 Å². The van der Waals surface area contributed by atoms with E-state index in [-0.39, 0.29) is 0 Å². The number of fused-ring (bicyclic) bond motifs is 3. The summed E-state index contributed by atoms with van der Waals surface area (Å²) < 4.78 is 3.05. The van der Waals surface area contributed by atoms with E-state index in [1.54, 1.807) is 0 Å². The summed E-state index contributed by atoms with van der Waals surface area (Å²) in [5, 5.41) is 2.86. The first-order chi connectivity index (χ1) is 9.84. The summed E-state index contributed by atoms with van der Waals surface area (Å²) in [4.78, 5) is 0. The Morgan fingerprint density at radius 1 is 0.650 bits per heavy atom. The third kappa shape index (κ3) is 1.75. The second kappa shape index (κ2) is 4.63. The van der Waals surface area contributed by atoms with Gasteiger partial charge in [0.05, 0.1) is 0 Å². The number of rotatable bonds is 1. The Kier molecular flexibility index (Phi) is 2.77. The second-order valence-corrected chi connectivity index (χ2v) is 7.30. The fraction of sp³-hybridized carbons (Fsp3) is 0.0526. The molecule has 0 unspecified atom stereocenters. The molecule has 0 aliphatic rings. The molecule has 0 spiro atoms. The molecule has 0 saturated heterocycles. The van der Waals surface area contributed by atoms with Gasteiger partial charge in [0.2, 0.25) is 0 Å². The molecule has 0 fully saturated rings. The fourth-order valence-corrected chi connectivity index (χ4v) is 5.42. The van der Waals surface area contributed by atoms with Gasteiger partial charge in [-0.1, -0.05) is 0 Å². The molecule has 0 radical (unpaired) electrons. The molecule has 0 atom stereocenters. The first-order valence-electron chi connectivity index (χ1n) is 6.81. The molecule has 1 heteroatoms. The van der Waals surface area contributed by atoms with Crippen molar-refractivity contribution in [2.24, 2.45) is 0 Å². The molecule has 0 saturated carbocycles. The third-order valence-electron chi connectivity index (χ3n) is 3.84. The molecule has 1 heterocycles. The van der Waals surface area contributed by atoms with Gasteiger partial charge in [-0.25, -0.2) is 0 Å². The van der Waals surface area contributed by atoms with Crippen molar-refractivity contribution in [1.82, 2.24) is 0 Å². The van der Waals surface area contributed by atoms with E-state index in [9.17, 15) is 0 Å². The van der Waals surface area contributed by atoms with Crippen molar-refractivity contribution in [3.05, 3.63) is 72.3 Å². The van der Waals surface area contributed by atoms with E-state index < -0.39 is 0 Å². The van der Waals surface area contributed by atoms with Crippen LogP contribution >= 0.6 is 0 Å². The molecule has 0 amide bonds. The Labute approximate surface area is 124 Å². The standard InChI is InChI=1S/C19H14Se/c1-13-7-2-3-8-14(13)16-10-6-11-17-15-9-4-5-12-18(15)20-19(16)17/h2-12H,1H3. The normalized spacial score (nSPS) is 11.2.